The summed E-state index contributed by atoms with van der Waals surface area (Å²) in [4.78, 5) is 15.2. The van der Waals surface area contributed by atoms with E-state index in [4.69, 9.17) is 5.73 Å². The summed E-state index contributed by atoms with van der Waals surface area (Å²) < 4.78 is 1.41. The van der Waals surface area contributed by atoms with Crippen molar-refractivity contribution < 1.29 is 4.79 Å². The van der Waals surface area contributed by atoms with E-state index in [-0.39, 0.29) is 23.8 Å². The number of carbonyl (C=O) groups excluding carboxylic acids is 1. The van der Waals surface area contributed by atoms with Gasteiger partial charge in [0.05, 0.1) is 0 Å². The summed E-state index contributed by atoms with van der Waals surface area (Å²) in [5.74, 6) is 0.0912. The van der Waals surface area contributed by atoms with Crippen LogP contribution in [0.2, 0.25) is 0 Å². The number of nitrogens with zero attached hydrogens (tertiary/aromatic N) is 3. The Hall–Kier alpha value is -1.59. The molecule has 15 heavy (non-hydrogen) atoms. The number of nitrogen functional groups attached to an aromatic ring is 1. The number of nitrogens with one attached hydrogen (secondary N) is 1. The number of aromatic nitrogens is 3. The smallest absolute Gasteiger partial charge is 0.241 e. The molecule has 6 heteroatoms. The van der Waals surface area contributed by atoms with Crippen LogP contribution in [0.3, 0.4) is 0 Å². The highest BCUT2D eigenvalue weighted by molar-refractivity contribution is 5.75. The summed E-state index contributed by atoms with van der Waals surface area (Å²) >= 11 is 0. The molecule has 0 aromatic carbocycles. The van der Waals surface area contributed by atoms with Crippen LogP contribution in [0.1, 0.15) is 20.8 Å². The fraction of sp³-hybridized carbons (Fsp3) is 0.667. The number of carbonyl (C=O) groups is 1. The lowest BCUT2D eigenvalue weighted by molar-refractivity contribution is -0.122. The van der Waals surface area contributed by atoms with E-state index in [1.54, 1.807) is 0 Å². The van der Waals surface area contributed by atoms with E-state index in [1.807, 2.05) is 0 Å². The molecule has 0 saturated heterocycles. The minimum atomic E-state index is -0.0881. The standard InChI is InChI=1S/C9H17N5O/c1-9(2,3)5-11-7(15)4-14-6-12-8(10)13-14/h6H,4-5H2,1-3H3,(H2,10,13)(H,11,15). The molecule has 0 fully saturated rings. The van der Waals surface area contributed by atoms with Gasteiger partial charge in [0.1, 0.15) is 12.9 Å². The molecule has 1 rings (SSSR count). The lowest BCUT2D eigenvalue weighted by atomic mass is 9.97. The molecule has 1 aromatic rings. The van der Waals surface area contributed by atoms with E-state index in [2.05, 4.69) is 36.2 Å². The van der Waals surface area contributed by atoms with Crippen LogP contribution in [0.15, 0.2) is 6.33 Å². The topological polar surface area (TPSA) is 85.8 Å². The summed E-state index contributed by atoms with van der Waals surface area (Å²) in [7, 11) is 0. The molecule has 1 heterocycles. The number of rotatable bonds is 3. The Balaban J connectivity index is 2.37. The van der Waals surface area contributed by atoms with Crippen molar-refractivity contribution in [2.45, 2.75) is 27.3 Å². The second-order valence-electron chi connectivity index (χ2n) is 4.64. The first-order chi connectivity index (χ1) is 6.87. The zero-order valence-corrected chi connectivity index (χ0v) is 9.32. The Labute approximate surface area is 88.9 Å². The average molecular weight is 211 g/mol. The van der Waals surface area contributed by atoms with Gasteiger partial charge in [-0.3, -0.25) is 4.79 Å². The second-order valence-corrected chi connectivity index (χ2v) is 4.64. The normalized spacial score (nSPS) is 11.4. The van der Waals surface area contributed by atoms with Crippen molar-refractivity contribution in [2.75, 3.05) is 12.3 Å². The summed E-state index contributed by atoms with van der Waals surface area (Å²) in [5.41, 5.74) is 5.40. The van der Waals surface area contributed by atoms with Gasteiger partial charge in [0, 0.05) is 6.54 Å². The number of hydrogen-bond acceptors (Lipinski definition) is 4. The van der Waals surface area contributed by atoms with Gasteiger partial charge in [-0.25, -0.2) is 9.67 Å². The van der Waals surface area contributed by atoms with E-state index in [0.29, 0.717) is 6.54 Å². The van der Waals surface area contributed by atoms with Gasteiger partial charge >= 0.3 is 0 Å². The number of hydrogen-bond donors (Lipinski definition) is 2. The molecule has 1 aromatic heterocycles. The van der Waals surface area contributed by atoms with E-state index < -0.39 is 0 Å². The van der Waals surface area contributed by atoms with Crippen LogP contribution in [0.4, 0.5) is 5.95 Å². The van der Waals surface area contributed by atoms with Crippen molar-refractivity contribution in [3.05, 3.63) is 6.33 Å². The van der Waals surface area contributed by atoms with Crippen LogP contribution in [0.5, 0.6) is 0 Å². The van der Waals surface area contributed by atoms with Crippen LogP contribution < -0.4 is 11.1 Å². The fourth-order valence-corrected chi connectivity index (χ4v) is 0.952. The van der Waals surface area contributed by atoms with Crippen LogP contribution in [0.25, 0.3) is 0 Å². The molecular formula is C9H17N5O. The van der Waals surface area contributed by atoms with Gasteiger partial charge in [-0.15, -0.1) is 5.10 Å². The van der Waals surface area contributed by atoms with Crippen molar-refractivity contribution >= 4 is 11.9 Å². The fourth-order valence-electron chi connectivity index (χ4n) is 0.952. The van der Waals surface area contributed by atoms with Crippen LogP contribution in [0, 0.1) is 5.41 Å². The molecule has 6 nitrogen and oxygen atoms in total. The zero-order chi connectivity index (χ0) is 11.5. The maximum atomic E-state index is 11.4. The molecule has 84 valence electrons. The first-order valence-corrected chi connectivity index (χ1v) is 4.78. The van der Waals surface area contributed by atoms with Gasteiger partial charge < -0.3 is 11.1 Å². The SMILES string of the molecule is CC(C)(C)CNC(=O)Cn1cnc(N)n1. The third kappa shape index (κ3) is 4.44. The first kappa shape index (κ1) is 11.5. The Bertz CT molecular complexity index is 339. The quantitative estimate of drug-likeness (QED) is 0.738. The molecule has 0 spiro atoms. The van der Waals surface area contributed by atoms with Crippen LogP contribution >= 0.6 is 0 Å². The largest absolute Gasteiger partial charge is 0.367 e. The molecule has 0 radical (unpaired) electrons. The Morgan fingerprint density at radius 1 is 1.60 bits per heavy atom. The van der Waals surface area contributed by atoms with Crippen LogP contribution in [-0.4, -0.2) is 27.2 Å². The Morgan fingerprint density at radius 3 is 2.73 bits per heavy atom. The molecule has 0 aliphatic heterocycles. The second kappa shape index (κ2) is 4.29. The minimum absolute atomic E-state index is 0.0804. The van der Waals surface area contributed by atoms with Crippen molar-refractivity contribution in [1.82, 2.24) is 20.1 Å². The van der Waals surface area contributed by atoms with Gasteiger partial charge in [0.15, 0.2) is 0 Å². The van der Waals surface area contributed by atoms with Crippen LogP contribution in [-0.2, 0) is 11.3 Å². The average Bonchev–Trinajstić information content (AvgIpc) is 2.47. The summed E-state index contributed by atoms with van der Waals surface area (Å²) in [6, 6.07) is 0. The lowest BCUT2D eigenvalue weighted by Crippen LogP contribution is -2.34. The number of anilines is 1. The van der Waals surface area contributed by atoms with E-state index in [1.165, 1.54) is 11.0 Å². The molecule has 0 unspecified atom stereocenters. The van der Waals surface area contributed by atoms with Crippen molar-refractivity contribution in [1.29, 1.82) is 0 Å². The third-order valence-corrected chi connectivity index (χ3v) is 1.68. The highest BCUT2D eigenvalue weighted by atomic mass is 16.2. The Morgan fingerprint density at radius 2 is 2.27 bits per heavy atom. The molecule has 0 aliphatic carbocycles. The molecular weight excluding hydrogens is 194 g/mol. The molecule has 3 N–H and O–H groups in total. The van der Waals surface area contributed by atoms with E-state index in [9.17, 15) is 4.79 Å². The van der Waals surface area contributed by atoms with Gasteiger partial charge in [0.25, 0.3) is 0 Å². The van der Waals surface area contributed by atoms with E-state index >= 15 is 0 Å². The van der Waals surface area contributed by atoms with Crippen molar-refractivity contribution in [2.24, 2.45) is 5.41 Å². The van der Waals surface area contributed by atoms with Gasteiger partial charge in [-0.05, 0) is 5.41 Å². The number of nitrogens with two attached hydrogens (primary N) is 1. The zero-order valence-electron chi connectivity index (χ0n) is 9.32. The molecule has 0 saturated carbocycles. The highest BCUT2D eigenvalue weighted by Gasteiger charge is 2.12. The number of amides is 1. The molecule has 0 bridgehead atoms. The van der Waals surface area contributed by atoms with Gasteiger partial charge in [-0.1, -0.05) is 20.8 Å². The molecule has 0 atom stereocenters. The summed E-state index contributed by atoms with van der Waals surface area (Å²) in [5, 5.41) is 6.63. The molecule has 0 aliphatic rings. The first-order valence-electron chi connectivity index (χ1n) is 4.78. The highest BCUT2D eigenvalue weighted by Crippen LogP contribution is 2.09. The summed E-state index contributed by atoms with van der Waals surface area (Å²) in [6.45, 7) is 6.96. The van der Waals surface area contributed by atoms with Gasteiger partial charge in [-0.2, -0.15) is 0 Å². The monoisotopic (exact) mass is 211 g/mol. The molecule has 1 amide bonds. The third-order valence-electron chi connectivity index (χ3n) is 1.68. The maximum absolute atomic E-state index is 11.4. The minimum Gasteiger partial charge on any atom is -0.367 e. The van der Waals surface area contributed by atoms with Crippen molar-refractivity contribution in [3.63, 3.8) is 0 Å². The van der Waals surface area contributed by atoms with Gasteiger partial charge in [0.2, 0.25) is 11.9 Å². The lowest BCUT2D eigenvalue weighted by Gasteiger charge is -2.18. The van der Waals surface area contributed by atoms with E-state index in [0.717, 1.165) is 0 Å². The Kier molecular flexibility index (Phi) is 3.28. The predicted octanol–water partition coefficient (Wildman–Crippen LogP) is 0.0226. The van der Waals surface area contributed by atoms with Crippen molar-refractivity contribution in [3.8, 4) is 0 Å². The maximum Gasteiger partial charge on any atom is 0.241 e. The predicted molar refractivity (Wildman–Crippen MR) is 56.9 cm³/mol. The summed E-state index contributed by atoms with van der Waals surface area (Å²) in [6.07, 6.45) is 1.44.